The van der Waals surface area contributed by atoms with Crippen LogP contribution in [0.2, 0.25) is 0 Å². The van der Waals surface area contributed by atoms with Crippen molar-refractivity contribution in [1.29, 1.82) is 0 Å². The van der Waals surface area contributed by atoms with Crippen LogP contribution in [0.15, 0.2) is 11.6 Å². The Labute approximate surface area is 136 Å². The zero-order valence-corrected chi connectivity index (χ0v) is 14.0. The van der Waals surface area contributed by atoms with E-state index in [0.717, 1.165) is 25.9 Å². The first-order valence-electron chi connectivity index (χ1n) is 7.26. The van der Waals surface area contributed by atoms with Crippen LogP contribution in [0, 0.1) is 0 Å². The summed E-state index contributed by atoms with van der Waals surface area (Å²) in [5.41, 5.74) is 1.27. The van der Waals surface area contributed by atoms with Gasteiger partial charge in [-0.2, -0.15) is 0 Å². The minimum Gasteiger partial charge on any atom is -0.351 e. The van der Waals surface area contributed by atoms with E-state index in [1.54, 1.807) is 16.7 Å². The quantitative estimate of drug-likeness (QED) is 0.741. The first-order chi connectivity index (χ1) is 9.72. The average molecular weight is 334 g/mol. The first-order valence-corrected chi connectivity index (χ1v) is 8.41. The maximum Gasteiger partial charge on any atom is 0.243 e. The standard InChI is InChI=1S/C14H23N3O2S.ClH/c1-2-3-13(18)17-10-20-9-12(17)14(19)16-8-11-4-6-15-7-5-11;/h4,12,15H,2-3,5-10H2,1H3,(H,16,19);1H. The molecule has 0 aliphatic carbocycles. The molecule has 0 bridgehead atoms. The Morgan fingerprint density at radius 3 is 3.00 bits per heavy atom. The van der Waals surface area contributed by atoms with Crippen LogP contribution in [0.4, 0.5) is 0 Å². The number of carbonyl (C=O) groups excluding carboxylic acids is 2. The second-order valence-corrected chi connectivity index (χ2v) is 6.16. The van der Waals surface area contributed by atoms with Crippen LogP contribution >= 0.6 is 24.2 Å². The summed E-state index contributed by atoms with van der Waals surface area (Å²) < 4.78 is 0. The molecule has 1 unspecified atom stereocenters. The SMILES string of the molecule is CCCC(=O)N1CSCC1C(=O)NCC1=CCNCC1.Cl. The minimum absolute atomic E-state index is 0. The second-order valence-electron chi connectivity index (χ2n) is 5.16. The van der Waals surface area contributed by atoms with Crippen LogP contribution in [0.25, 0.3) is 0 Å². The lowest BCUT2D eigenvalue weighted by molar-refractivity contribution is -0.138. The van der Waals surface area contributed by atoms with Gasteiger partial charge in [0.2, 0.25) is 11.8 Å². The molecule has 21 heavy (non-hydrogen) atoms. The fraction of sp³-hybridized carbons (Fsp3) is 0.714. The van der Waals surface area contributed by atoms with E-state index in [4.69, 9.17) is 0 Å². The van der Waals surface area contributed by atoms with Crippen molar-refractivity contribution in [3.05, 3.63) is 11.6 Å². The van der Waals surface area contributed by atoms with Gasteiger partial charge in [-0.05, 0) is 19.4 Å². The van der Waals surface area contributed by atoms with Crippen LogP contribution in [0.5, 0.6) is 0 Å². The highest BCUT2D eigenvalue weighted by molar-refractivity contribution is 7.99. The topological polar surface area (TPSA) is 61.4 Å². The number of halogens is 1. The van der Waals surface area contributed by atoms with Crippen LogP contribution in [-0.4, -0.2) is 54.0 Å². The Morgan fingerprint density at radius 1 is 1.52 bits per heavy atom. The fourth-order valence-corrected chi connectivity index (χ4v) is 3.59. The highest BCUT2D eigenvalue weighted by Crippen LogP contribution is 2.22. The van der Waals surface area contributed by atoms with Crippen molar-refractivity contribution in [2.24, 2.45) is 0 Å². The maximum atomic E-state index is 12.2. The number of rotatable bonds is 5. The number of nitrogens with one attached hydrogen (secondary N) is 2. The number of nitrogens with zero attached hydrogens (tertiary/aromatic N) is 1. The van der Waals surface area contributed by atoms with Crippen molar-refractivity contribution in [3.8, 4) is 0 Å². The minimum atomic E-state index is -0.290. The molecule has 0 spiro atoms. The number of hydrogen-bond acceptors (Lipinski definition) is 4. The van der Waals surface area contributed by atoms with Crippen molar-refractivity contribution < 1.29 is 9.59 Å². The summed E-state index contributed by atoms with van der Waals surface area (Å²) in [6.07, 6.45) is 4.47. The van der Waals surface area contributed by atoms with Gasteiger partial charge in [-0.15, -0.1) is 24.2 Å². The molecule has 5 nitrogen and oxygen atoms in total. The van der Waals surface area contributed by atoms with E-state index in [1.165, 1.54) is 5.57 Å². The largest absolute Gasteiger partial charge is 0.351 e. The molecule has 2 aliphatic heterocycles. The van der Waals surface area contributed by atoms with E-state index in [0.29, 0.717) is 24.6 Å². The molecule has 0 aromatic carbocycles. The van der Waals surface area contributed by atoms with Gasteiger partial charge < -0.3 is 15.5 Å². The Morgan fingerprint density at radius 2 is 2.33 bits per heavy atom. The van der Waals surface area contributed by atoms with Gasteiger partial charge in [-0.3, -0.25) is 9.59 Å². The molecule has 2 rings (SSSR count). The molecule has 0 aromatic rings. The lowest BCUT2D eigenvalue weighted by atomic mass is 10.1. The van der Waals surface area contributed by atoms with Crippen molar-refractivity contribution in [3.63, 3.8) is 0 Å². The molecule has 120 valence electrons. The van der Waals surface area contributed by atoms with E-state index in [2.05, 4.69) is 16.7 Å². The van der Waals surface area contributed by atoms with Gasteiger partial charge in [0, 0.05) is 25.3 Å². The second kappa shape index (κ2) is 9.33. The molecule has 0 aromatic heterocycles. The third-order valence-corrected chi connectivity index (χ3v) is 4.63. The Hall–Kier alpha value is -0.720. The molecule has 1 fully saturated rings. The molecule has 0 saturated carbocycles. The van der Waals surface area contributed by atoms with E-state index in [1.807, 2.05) is 6.92 Å². The molecule has 2 N–H and O–H groups in total. The summed E-state index contributed by atoms with van der Waals surface area (Å²) >= 11 is 1.65. The summed E-state index contributed by atoms with van der Waals surface area (Å²) in [4.78, 5) is 25.9. The number of carbonyl (C=O) groups is 2. The third kappa shape index (κ3) is 5.20. The van der Waals surface area contributed by atoms with E-state index >= 15 is 0 Å². The number of amides is 2. The smallest absolute Gasteiger partial charge is 0.243 e. The Bertz CT molecular complexity index is 404. The average Bonchev–Trinajstić information content (AvgIpc) is 2.96. The van der Waals surface area contributed by atoms with E-state index < -0.39 is 0 Å². The molecule has 2 aliphatic rings. The van der Waals surface area contributed by atoms with Crippen molar-refractivity contribution >= 4 is 36.0 Å². The third-order valence-electron chi connectivity index (χ3n) is 3.62. The molecule has 2 heterocycles. The fourth-order valence-electron chi connectivity index (χ4n) is 2.41. The summed E-state index contributed by atoms with van der Waals surface area (Å²) in [6, 6.07) is -0.290. The van der Waals surface area contributed by atoms with Crippen molar-refractivity contribution in [2.45, 2.75) is 32.2 Å². The molecule has 1 atom stereocenters. The lowest BCUT2D eigenvalue weighted by Crippen LogP contribution is -2.47. The normalized spacial score (nSPS) is 21.5. The zero-order chi connectivity index (χ0) is 14.4. The predicted octanol–water partition coefficient (Wildman–Crippen LogP) is 1.15. The zero-order valence-electron chi connectivity index (χ0n) is 12.4. The highest BCUT2D eigenvalue weighted by atomic mass is 35.5. The lowest BCUT2D eigenvalue weighted by Gasteiger charge is -2.23. The first kappa shape index (κ1) is 18.3. The van der Waals surface area contributed by atoms with Crippen LogP contribution in [0.3, 0.4) is 0 Å². The molecular weight excluding hydrogens is 310 g/mol. The van der Waals surface area contributed by atoms with Gasteiger partial charge in [0.25, 0.3) is 0 Å². The number of thioether (sulfide) groups is 1. The molecular formula is C14H24ClN3O2S. The van der Waals surface area contributed by atoms with Gasteiger partial charge in [0.1, 0.15) is 6.04 Å². The van der Waals surface area contributed by atoms with Gasteiger partial charge >= 0.3 is 0 Å². The van der Waals surface area contributed by atoms with Crippen LogP contribution in [0.1, 0.15) is 26.2 Å². The Balaban J connectivity index is 0.00000220. The summed E-state index contributed by atoms with van der Waals surface area (Å²) in [5.74, 6) is 1.43. The molecule has 7 heteroatoms. The van der Waals surface area contributed by atoms with Crippen LogP contribution in [-0.2, 0) is 9.59 Å². The molecule has 2 amide bonds. The van der Waals surface area contributed by atoms with E-state index in [-0.39, 0.29) is 30.3 Å². The predicted molar refractivity (Wildman–Crippen MR) is 88.7 cm³/mol. The Kier molecular flexibility index (Phi) is 8.14. The highest BCUT2D eigenvalue weighted by Gasteiger charge is 2.33. The van der Waals surface area contributed by atoms with Gasteiger partial charge in [-0.25, -0.2) is 0 Å². The van der Waals surface area contributed by atoms with Crippen molar-refractivity contribution in [1.82, 2.24) is 15.5 Å². The van der Waals surface area contributed by atoms with Gasteiger partial charge in [0.15, 0.2) is 0 Å². The summed E-state index contributed by atoms with van der Waals surface area (Å²) in [5, 5.41) is 6.23. The van der Waals surface area contributed by atoms with Gasteiger partial charge in [-0.1, -0.05) is 18.6 Å². The summed E-state index contributed by atoms with van der Waals surface area (Å²) in [6.45, 7) is 4.45. The number of hydrogen-bond donors (Lipinski definition) is 2. The molecule has 0 radical (unpaired) electrons. The van der Waals surface area contributed by atoms with Crippen molar-refractivity contribution in [2.75, 3.05) is 31.3 Å². The molecule has 1 saturated heterocycles. The maximum absolute atomic E-state index is 12.2. The summed E-state index contributed by atoms with van der Waals surface area (Å²) in [7, 11) is 0. The van der Waals surface area contributed by atoms with Crippen LogP contribution < -0.4 is 10.6 Å². The monoisotopic (exact) mass is 333 g/mol. The van der Waals surface area contributed by atoms with Gasteiger partial charge in [0.05, 0.1) is 5.88 Å². The van der Waals surface area contributed by atoms with E-state index in [9.17, 15) is 9.59 Å².